The van der Waals surface area contributed by atoms with Gasteiger partial charge in [-0.2, -0.15) is 0 Å². The number of rotatable bonds is 9. The molecule has 17 heavy (non-hydrogen) atoms. The first-order chi connectivity index (χ1) is 8.10. The van der Waals surface area contributed by atoms with E-state index in [4.69, 9.17) is 18.9 Å². The molecule has 0 bridgehead atoms. The summed E-state index contributed by atoms with van der Waals surface area (Å²) in [5.74, 6) is -0.917. The van der Waals surface area contributed by atoms with Gasteiger partial charge in [0, 0.05) is 6.42 Å². The Morgan fingerprint density at radius 1 is 1.24 bits per heavy atom. The maximum absolute atomic E-state index is 11.2. The highest BCUT2D eigenvalue weighted by Gasteiger charge is 2.14. The lowest BCUT2D eigenvalue weighted by Crippen LogP contribution is -2.22. The SMILES string of the molecule is CCOP(NC(=O)OCCCC(=O)O)OCC. The van der Waals surface area contributed by atoms with Crippen LogP contribution >= 0.6 is 8.53 Å². The van der Waals surface area contributed by atoms with Crippen LogP contribution in [-0.4, -0.2) is 37.0 Å². The van der Waals surface area contributed by atoms with Crippen molar-refractivity contribution in [3.8, 4) is 0 Å². The average Bonchev–Trinajstić information content (AvgIpc) is 2.25. The molecule has 0 saturated carbocycles. The highest BCUT2D eigenvalue weighted by Crippen LogP contribution is 2.32. The van der Waals surface area contributed by atoms with E-state index < -0.39 is 20.6 Å². The van der Waals surface area contributed by atoms with Gasteiger partial charge in [-0.15, -0.1) is 0 Å². The van der Waals surface area contributed by atoms with E-state index in [9.17, 15) is 9.59 Å². The maximum Gasteiger partial charge on any atom is 0.413 e. The van der Waals surface area contributed by atoms with Gasteiger partial charge in [-0.3, -0.25) is 9.88 Å². The van der Waals surface area contributed by atoms with Gasteiger partial charge < -0.3 is 18.9 Å². The van der Waals surface area contributed by atoms with E-state index in [1.165, 1.54) is 0 Å². The van der Waals surface area contributed by atoms with Gasteiger partial charge in [-0.25, -0.2) is 4.79 Å². The van der Waals surface area contributed by atoms with Gasteiger partial charge in [-0.05, 0) is 20.3 Å². The number of hydrogen-bond acceptors (Lipinski definition) is 5. The molecule has 100 valence electrons. The van der Waals surface area contributed by atoms with Crippen molar-refractivity contribution < 1.29 is 28.5 Å². The topological polar surface area (TPSA) is 94.1 Å². The summed E-state index contributed by atoms with van der Waals surface area (Å²) in [4.78, 5) is 21.4. The lowest BCUT2D eigenvalue weighted by atomic mass is 10.3. The van der Waals surface area contributed by atoms with Gasteiger partial charge in [0.2, 0.25) is 0 Å². The first-order valence-corrected chi connectivity index (χ1v) is 6.49. The second-order valence-electron chi connectivity index (χ2n) is 2.84. The van der Waals surface area contributed by atoms with Crippen molar-refractivity contribution in [2.45, 2.75) is 26.7 Å². The standard InChI is InChI=1S/C9H18NO6P/c1-3-15-17(16-4-2)10-9(13)14-7-5-6-8(11)12/h3-7H2,1-2H3,(H,10,13)(H,11,12). The van der Waals surface area contributed by atoms with Crippen LogP contribution < -0.4 is 5.09 Å². The van der Waals surface area contributed by atoms with Gasteiger partial charge >= 0.3 is 12.1 Å². The Balaban J connectivity index is 3.70. The average molecular weight is 267 g/mol. The van der Waals surface area contributed by atoms with Crippen molar-refractivity contribution in [1.29, 1.82) is 0 Å². The molecule has 0 atom stereocenters. The molecule has 8 heteroatoms. The quantitative estimate of drug-likeness (QED) is 0.489. The summed E-state index contributed by atoms with van der Waals surface area (Å²) in [6, 6.07) is 0. The summed E-state index contributed by atoms with van der Waals surface area (Å²) in [6.07, 6.45) is -0.411. The molecule has 0 saturated heterocycles. The predicted molar refractivity (Wildman–Crippen MR) is 61.5 cm³/mol. The molecule has 0 fully saturated rings. The number of hydrogen-bond donors (Lipinski definition) is 2. The van der Waals surface area contributed by atoms with Crippen molar-refractivity contribution in [2.24, 2.45) is 0 Å². The molecule has 0 rings (SSSR count). The van der Waals surface area contributed by atoms with Crippen LogP contribution in [0.2, 0.25) is 0 Å². The number of aliphatic carboxylic acids is 1. The zero-order valence-corrected chi connectivity index (χ0v) is 10.9. The van der Waals surface area contributed by atoms with Crippen LogP contribution in [0.3, 0.4) is 0 Å². The molecular formula is C9H18NO6P. The molecule has 0 aromatic heterocycles. The summed E-state index contributed by atoms with van der Waals surface area (Å²) in [7, 11) is -1.47. The van der Waals surface area contributed by atoms with E-state index in [0.717, 1.165) is 0 Å². The number of ether oxygens (including phenoxy) is 1. The Morgan fingerprint density at radius 3 is 2.29 bits per heavy atom. The van der Waals surface area contributed by atoms with Gasteiger partial charge in [0.1, 0.15) is 0 Å². The van der Waals surface area contributed by atoms with Crippen molar-refractivity contribution in [2.75, 3.05) is 19.8 Å². The number of carboxylic acid groups (broad SMARTS) is 1. The minimum atomic E-state index is -1.47. The van der Waals surface area contributed by atoms with E-state index in [1.807, 2.05) is 0 Å². The van der Waals surface area contributed by atoms with Gasteiger partial charge in [0.25, 0.3) is 8.53 Å². The Hall–Kier alpha value is -0.910. The van der Waals surface area contributed by atoms with E-state index >= 15 is 0 Å². The molecule has 0 radical (unpaired) electrons. The summed E-state index contributed by atoms with van der Waals surface area (Å²) < 4.78 is 15.0. The number of carbonyl (C=O) groups excluding carboxylic acids is 1. The molecule has 1 amide bonds. The highest BCUT2D eigenvalue weighted by molar-refractivity contribution is 7.45. The number of carbonyl (C=O) groups is 2. The Morgan fingerprint density at radius 2 is 1.82 bits per heavy atom. The molecule has 0 aromatic rings. The van der Waals surface area contributed by atoms with Crippen LogP contribution in [0.25, 0.3) is 0 Å². The molecule has 0 aliphatic carbocycles. The van der Waals surface area contributed by atoms with Gasteiger partial charge in [0.05, 0.1) is 19.8 Å². The first kappa shape index (κ1) is 16.1. The van der Waals surface area contributed by atoms with Crippen molar-refractivity contribution in [3.05, 3.63) is 0 Å². The van der Waals surface area contributed by atoms with Crippen LogP contribution in [0.5, 0.6) is 0 Å². The van der Waals surface area contributed by atoms with Crippen LogP contribution in [0, 0.1) is 0 Å². The largest absolute Gasteiger partial charge is 0.481 e. The van der Waals surface area contributed by atoms with E-state index in [0.29, 0.717) is 13.2 Å². The van der Waals surface area contributed by atoms with E-state index in [1.54, 1.807) is 13.8 Å². The minimum Gasteiger partial charge on any atom is -0.481 e. The summed E-state index contributed by atoms with van der Waals surface area (Å²) in [5.41, 5.74) is 0. The maximum atomic E-state index is 11.2. The van der Waals surface area contributed by atoms with Crippen LogP contribution in [0.1, 0.15) is 26.7 Å². The van der Waals surface area contributed by atoms with E-state index in [2.05, 4.69) is 5.09 Å². The Bertz CT molecular complexity index is 232. The molecule has 2 N–H and O–H groups in total. The molecular weight excluding hydrogens is 249 g/mol. The number of nitrogens with one attached hydrogen (secondary N) is 1. The Labute approximate surface area is 101 Å². The minimum absolute atomic E-state index is 0.0288. The fourth-order valence-corrected chi connectivity index (χ4v) is 1.72. The zero-order chi connectivity index (χ0) is 13.1. The third kappa shape index (κ3) is 9.99. The fourth-order valence-electron chi connectivity index (χ4n) is 0.831. The van der Waals surface area contributed by atoms with Crippen molar-refractivity contribution >= 4 is 20.6 Å². The highest BCUT2D eigenvalue weighted by atomic mass is 31.2. The van der Waals surface area contributed by atoms with Crippen LogP contribution in [-0.2, 0) is 18.6 Å². The second-order valence-corrected chi connectivity index (χ2v) is 4.09. The number of amides is 1. The zero-order valence-electron chi connectivity index (χ0n) is 9.97. The molecule has 0 heterocycles. The first-order valence-electron chi connectivity index (χ1n) is 5.31. The molecule has 7 nitrogen and oxygen atoms in total. The lowest BCUT2D eigenvalue weighted by molar-refractivity contribution is -0.137. The van der Waals surface area contributed by atoms with Gasteiger partial charge in [0.15, 0.2) is 0 Å². The van der Waals surface area contributed by atoms with Crippen molar-refractivity contribution in [1.82, 2.24) is 5.09 Å². The predicted octanol–water partition coefficient (Wildman–Crippen LogP) is 1.88. The Kier molecular flexibility index (Phi) is 9.71. The summed E-state index contributed by atoms with van der Waals surface area (Å²) >= 11 is 0. The van der Waals surface area contributed by atoms with E-state index in [-0.39, 0.29) is 19.4 Å². The molecule has 0 aromatic carbocycles. The van der Waals surface area contributed by atoms with Gasteiger partial charge in [-0.1, -0.05) is 0 Å². The second kappa shape index (κ2) is 10.3. The monoisotopic (exact) mass is 267 g/mol. The molecule has 0 spiro atoms. The normalized spacial score (nSPS) is 10.3. The molecule has 0 unspecified atom stereocenters. The number of carboxylic acids is 1. The van der Waals surface area contributed by atoms with Crippen LogP contribution in [0.15, 0.2) is 0 Å². The van der Waals surface area contributed by atoms with Crippen molar-refractivity contribution in [3.63, 3.8) is 0 Å². The van der Waals surface area contributed by atoms with Crippen LogP contribution in [0.4, 0.5) is 4.79 Å². The summed E-state index contributed by atoms with van der Waals surface area (Å²) in [5, 5.41) is 10.8. The third-order valence-electron chi connectivity index (χ3n) is 1.44. The molecule has 0 aliphatic heterocycles. The molecule has 0 aliphatic rings. The fraction of sp³-hybridized carbons (Fsp3) is 0.778. The lowest BCUT2D eigenvalue weighted by Gasteiger charge is -2.15. The smallest absolute Gasteiger partial charge is 0.413 e. The summed E-state index contributed by atoms with van der Waals surface area (Å²) in [6.45, 7) is 4.47. The third-order valence-corrected chi connectivity index (χ3v) is 2.79.